The van der Waals surface area contributed by atoms with E-state index in [1.807, 2.05) is 0 Å². The van der Waals surface area contributed by atoms with Gasteiger partial charge in [0.15, 0.2) is 6.29 Å². The quantitative estimate of drug-likeness (QED) is 0.844. The average Bonchev–Trinajstić information content (AvgIpc) is 3.31. The van der Waals surface area contributed by atoms with Crippen molar-refractivity contribution in [3.63, 3.8) is 0 Å². The maximum Gasteiger partial charge on any atom is 0.416 e. The zero-order valence-electron chi connectivity index (χ0n) is 11.5. The summed E-state index contributed by atoms with van der Waals surface area (Å²) in [4.78, 5) is 15.4. The fourth-order valence-corrected chi connectivity index (χ4v) is 2.26. The lowest BCUT2D eigenvalue weighted by atomic mass is 10.1. The number of carbonyl (C=O) groups excluding carboxylic acids is 1. The van der Waals surface area contributed by atoms with Gasteiger partial charge in [0.05, 0.1) is 11.3 Å². The van der Waals surface area contributed by atoms with Crippen molar-refractivity contribution in [3.05, 3.63) is 53.2 Å². The summed E-state index contributed by atoms with van der Waals surface area (Å²) in [6.07, 6.45) is -1.65. The van der Waals surface area contributed by atoms with E-state index >= 15 is 0 Å². The first-order valence-corrected chi connectivity index (χ1v) is 6.88. The summed E-state index contributed by atoms with van der Waals surface area (Å²) in [6.45, 7) is 0. The third kappa shape index (κ3) is 3.10. The minimum atomic E-state index is -4.38. The molecule has 114 valence electrons. The zero-order chi connectivity index (χ0) is 15.7. The molecular weight excluding hydrogens is 293 g/mol. The highest BCUT2D eigenvalue weighted by molar-refractivity contribution is 5.78. The number of rotatable bonds is 4. The highest BCUT2D eigenvalue weighted by Gasteiger charge is 2.30. The Hall–Kier alpha value is -2.37. The molecule has 2 aromatic rings. The fraction of sp³-hybridized carbons (Fsp3) is 0.250. The molecule has 0 amide bonds. The van der Waals surface area contributed by atoms with Crippen molar-refractivity contribution < 1.29 is 18.0 Å². The molecule has 0 radical (unpaired) electrons. The SMILES string of the molecule is O=Cc1ccc(Nc2cccc(C(F)(F)F)c2)nc1C1CC1. The Kier molecular flexibility index (Phi) is 3.60. The van der Waals surface area contributed by atoms with Crippen LogP contribution in [0.4, 0.5) is 24.7 Å². The lowest BCUT2D eigenvalue weighted by Gasteiger charge is -2.11. The molecule has 1 heterocycles. The Morgan fingerprint density at radius 1 is 1.18 bits per heavy atom. The number of hydrogen-bond donors (Lipinski definition) is 1. The van der Waals surface area contributed by atoms with Crippen LogP contribution in [0.5, 0.6) is 0 Å². The van der Waals surface area contributed by atoms with Crippen molar-refractivity contribution >= 4 is 17.8 Å². The molecule has 1 N–H and O–H groups in total. The molecule has 0 unspecified atom stereocenters. The van der Waals surface area contributed by atoms with Gasteiger partial charge in [-0.3, -0.25) is 4.79 Å². The third-order valence-electron chi connectivity index (χ3n) is 3.51. The molecule has 6 heteroatoms. The smallest absolute Gasteiger partial charge is 0.340 e. The minimum absolute atomic E-state index is 0.281. The van der Waals surface area contributed by atoms with E-state index < -0.39 is 11.7 Å². The van der Waals surface area contributed by atoms with Crippen LogP contribution in [0.15, 0.2) is 36.4 Å². The molecular formula is C16H13F3N2O. The summed E-state index contributed by atoms with van der Waals surface area (Å²) in [5.41, 5.74) is 0.844. The number of nitrogens with zero attached hydrogens (tertiary/aromatic N) is 1. The van der Waals surface area contributed by atoms with Crippen LogP contribution in [0.25, 0.3) is 0 Å². The number of pyridine rings is 1. The van der Waals surface area contributed by atoms with E-state index in [9.17, 15) is 18.0 Å². The van der Waals surface area contributed by atoms with E-state index in [0.717, 1.165) is 31.3 Å². The first kappa shape index (κ1) is 14.6. The largest absolute Gasteiger partial charge is 0.416 e. The van der Waals surface area contributed by atoms with Crippen molar-refractivity contribution in [3.8, 4) is 0 Å². The predicted octanol–water partition coefficient (Wildman–Crippen LogP) is 4.53. The lowest BCUT2D eigenvalue weighted by molar-refractivity contribution is -0.137. The van der Waals surface area contributed by atoms with Gasteiger partial charge in [-0.1, -0.05) is 6.07 Å². The molecule has 1 aromatic carbocycles. The summed E-state index contributed by atoms with van der Waals surface area (Å²) in [7, 11) is 0. The monoisotopic (exact) mass is 306 g/mol. The van der Waals surface area contributed by atoms with Crippen molar-refractivity contribution in [2.24, 2.45) is 0 Å². The highest BCUT2D eigenvalue weighted by atomic mass is 19.4. The van der Waals surface area contributed by atoms with Crippen molar-refractivity contribution in [2.75, 3.05) is 5.32 Å². The van der Waals surface area contributed by atoms with Gasteiger partial charge in [-0.15, -0.1) is 0 Å². The zero-order valence-corrected chi connectivity index (χ0v) is 11.5. The first-order valence-electron chi connectivity index (χ1n) is 6.88. The van der Waals surface area contributed by atoms with Gasteiger partial charge in [-0.2, -0.15) is 13.2 Å². The Morgan fingerprint density at radius 2 is 1.95 bits per heavy atom. The number of aldehydes is 1. The normalized spacial score (nSPS) is 14.7. The Balaban J connectivity index is 1.87. The van der Waals surface area contributed by atoms with Crippen LogP contribution >= 0.6 is 0 Å². The van der Waals surface area contributed by atoms with Crippen molar-refractivity contribution in [2.45, 2.75) is 24.9 Å². The Bertz CT molecular complexity index is 709. The van der Waals surface area contributed by atoms with E-state index in [-0.39, 0.29) is 5.92 Å². The molecule has 1 saturated carbocycles. The predicted molar refractivity (Wildman–Crippen MR) is 76.3 cm³/mol. The lowest BCUT2D eigenvalue weighted by Crippen LogP contribution is -2.05. The number of benzene rings is 1. The summed E-state index contributed by atoms with van der Waals surface area (Å²) in [5, 5.41) is 2.86. The first-order chi connectivity index (χ1) is 10.5. The van der Waals surface area contributed by atoms with Gasteiger partial charge in [0.1, 0.15) is 5.82 Å². The summed E-state index contributed by atoms with van der Waals surface area (Å²) in [5.74, 6) is 0.718. The topological polar surface area (TPSA) is 42.0 Å². The summed E-state index contributed by atoms with van der Waals surface area (Å²) in [6, 6.07) is 8.17. The molecule has 0 atom stereocenters. The maximum atomic E-state index is 12.7. The molecule has 0 bridgehead atoms. The standard InChI is InChI=1S/C16H13F3N2O/c17-16(18,19)12-2-1-3-13(8-12)20-14-7-6-11(9-22)15(21-14)10-4-5-10/h1-3,6-10H,4-5H2,(H,20,21). The number of halogens is 3. The second-order valence-electron chi connectivity index (χ2n) is 5.27. The van der Waals surface area contributed by atoms with Gasteiger partial charge < -0.3 is 5.32 Å². The number of alkyl halides is 3. The molecule has 0 spiro atoms. The molecule has 0 aliphatic heterocycles. The van der Waals surface area contributed by atoms with Gasteiger partial charge >= 0.3 is 6.18 Å². The molecule has 22 heavy (non-hydrogen) atoms. The second kappa shape index (κ2) is 5.44. The van der Waals surface area contributed by atoms with Gasteiger partial charge in [0.25, 0.3) is 0 Å². The van der Waals surface area contributed by atoms with E-state index in [2.05, 4.69) is 10.3 Å². The minimum Gasteiger partial charge on any atom is -0.340 e. The summed E-state index contributed by atoms with van der Waals surface area (Å²) >= 11 is 0. The van der Waals surface area contributed by atoms with Crippen LogP contribution in [-0.4, -0.2) is 11.3 Å². The molecule has 3 nitrogen and oxygen atoms in total. The summed E-state index contributed by atoms with van der Waals surface area (Å²) < 4.78 is 38.1. The van der Waals surface area contributed by atoms with Gasteiger partial charge in [-0.25, -0.2) is 4.98 Å². The van der Waals surface area contributed by atoms with Crippen LogP contribution in [0.3, 0.4) is 0 Å². The molecule has 1 aliphatic carbocycles. The molecule has 0 saturated heterocycles. The Labute approximate surface area is 125 Å². The van der Waals surface area contributed by atoms with Gasteiger partial charge in [0.2, 0.25) is 0 Å². The van der Waals surface area contributed by atoms with Crippen LogP contribution in [0, 0.1) is 0 Å². The number of carbonyl (C=O) groups is 1. The van der Waals surface area contributed by atoms with Crippen LogP contribution in [-0.2, 0) is 6.18 Å². The van der Waals surface area contributed by atoms with Gasteiger partial charge in [-0.05, 0) is 43.2 Å². The molecule has 1 aliphatic rings. The van der Waals surface area contributed by atoms with E-state index in [4.69, 9.17) is 0 Å². The van der Waals surface area contributed by atoms with Crippen LogP contribution in [0.1, 0.15) is 40.4 Å². The van der Waals surface area contributed by atoms with Crippen molar-refractivity contribution in [1.82, 2.24) is 4.98 Å². The van der Waals surface area contributed by atoms with Crippen molar-refractivity contribution in [1.29, 1.82) is 0 Å². The number of aromatic nitrogens is 1. The second-order valence-corrected chi connectivity index (χ2v) is 5.27. The number of hydrogen-bond acceptors (Lipinski definition) is 3. The maximum absolute atomic E-state index is 12.7. The van der Waals surface area contributed by atoms with Crippen LogP contribution < -0.4 is 5.32 Å². The fourth-order valence-electron chi connectivity index (χ4n) is 2.26. The number of anilines is 2. The van der Waals surface area contributed by atoms with E-state index in [0.29, 0.717) is 22.8 Å². The molecule has 1 fully saturated rings. The molecule has 1 aromatic heterocycles. The average molecular weight is 306 g/mol. The Morgan fingerprint density at radius 3 is 2.59 bits per heavy atom. The van der Waals surface area contributed by atoms with Crippen LogP contribution in [0.2, 0.25) is 0 Å². The van der Waals surface area contributed by atoms with Gasteiger partial charge in [0, 0.05) is 17.2 Å². The number of nitrogens with one attached hydrogen (secondary N) is 1. The third-order valence-corrected chi connectivity index (χ3v) is 3.51. The molecule has 3 rings (SSSR count). The van der Waals surface area contributed by atoms with E-state index in [1.54, 1.807) is 18.2 Å². The van der Waals surface area contributed by atoms with E-state index in [1.165, 1.54) is 6.07 Å². The highest BCUT2D eigenvalue weighted by Crippen LogP contribution is 2.41.